The van der Waals surface area contributed by atoms with E-state index in [1.807, 2.05) is 33.8 Å². The molecule has 2 atom stereocenters. The van der Waals surface area contributed by atoms with Gasteiger partial charge in [0.15, 0.2) is 5.78 Å². The van der Waals surface area contributed by atoms with Crippen molar-refractivity contribution in [1.29, 1.82) is 0 Å². The molecule has 0 aliphatic rings. The minimum absolute atomic E-state index is 0.120. The smallest absolute Gasteiger partial charge is 0.411 e. The lowest BCUT2D eigenvalue weighted by Gasteiger charge is -2.41. The predicted molar refractivity (Wildman–Crippen MR) is 117 cm³/mol. The fraction of sp³-hybridized carbons (Fsp3) is 0.440. The summed E-state index contributed by atoms with van der Waals surface area (Å²) in [6.45, 7) is 9.23. The van der Waals surface area contributed by atoms with E-state index >= 15 is 0 Å². The number of carbonyl (C=O) groups is 2. The number of ether oxygens (including phenoxy) is 1. The van der Waals surface area contributed by atoms with Crippen LogP contribution in [0.15, 0.2) is 60.7 Å². The Morgan fingerprint density at radius 3 is 1.84 bits per heavy atom. The Morgan fingerprint density at radius 2 is 1.39 bits per heavy atom. The molecule has 0 spiro atoms. The lowest BCUT2D eigenvalue weighted by molar-refractivity contribution is -0.132. The van der Waals surface area contributed by atoms with Gasteiger partial charge in [0, 0.05) is 24.4 Å². The van der Waals surface area contributed by atoms with Gasteiger partial charge in [-0.1, -0.05) is 60.7 Å². The van der Waals surface area contributed by atoms with Gasteiger partial charge >= 0.3 is 6.09 Å². The molecule has 1 amide bonds. The summed E-state index contributed by atoms with van der Waals surface area (Å²) in [4.78, 5) is 27.0. The normalized spacial score (nSPS) is 14.4. The van der Waals surface area contributed by atoms with E-state index in [1.165, 1.54) is 0 Å². The van der Waals surface area contributed by atoms with Crippen LogP contribution in [0.1, 0.15) is 58.1 Å². The largest absolute Gasteiger partial charge is 0.438 e. The number of nitrogens with zero attached hydrogens (tertiary/aromatic N) is 1. The summed E-state index contributed by atoms with van der Waals surface area (Å²) in [5.74, 6) is -1.97. The molecular formula is C25H31F2NO3. The SMILES string of the molecule is CC(C)N(C(=O)O[C@](C)(c1ccccc1)[C@@H](CC(=O)C(F)F)c1ccccc1)C(C)C. The van der Waals surface area contributed by atoms with Gasteiger partial charge < -0.3 is 9.64 Å². The third-order valence-corrected chi connectivity index (χ3v) is 5.49. The van der Waals surface area contributed by atoms with Gasteiger partial charge in [0.05, 0.1) is 0 Å². The number of alkyl halides is 2. The standard InChI is InChI=1S/C25H31F2NO3/c1-17(2)28(18(3)4)24(30)31-25(5,20-14-10-7-11-15-20)21(16-22(29)23(26)27)19-12-8-6-9-13-19/h6-15,17-18,21,23H,16H2,1-5H3/t21-,25+/m0/s1. The average Bonchev–Trinajstić information content (AvgIpc) is 2.72. The van der Waals surface area contributed by atoms with Gasteiger partial charge in [0.25, 0.3) is 6.43 Å². The molecule has 0 saturated heterocycles. The summed E-state index contributed by atoms with van der Waals surface area (Å²) in [7, 11) is 0. The van der Waals surface area contributed by atoms with Gasteiger partial charge in [-0.15, -0.1) is 0 Å². The molecule has 0 radical (unpaired) electrons. The predicted octanol–water partition coefficient (Wildman–Crippen LogP) is 6.17. The third-order valence-electron chi connectivity index (χ3n) is 5.49. The molecule has 168 valence electrons. The Hall–Kier alpha value is -2.76. The van der Waals surface area contributed by atoms with E-state index in [4.69, 9.17) is 4.74 Å². The van der Waals surface area contributed by atoms with Crippen molar-refractivity contribution in [3.05, 3.63) is 71.8 Å². The molecule has 0 aliphatic heterocycles. The highest BCUT2D eigenvalue weighted by Gasteiger charge is 2.44. The molecule has 4 nitrogen and oxygen atoms in total. The van der Waals surface area contributed by atoms with Gasteiger partial charge in [0.2, 0.25) is 0 Å². The van der Waals surface area contributed by atoms with Gasteiger partial charge in [-0.3, -0.25) is 4.79 Å². The van der Waals surface area contributed by atoms with E-state index < -0.39 is 36.2 Å². The van der Waals surface area contributed by atoms with Crippen LogP contribution in [0.2, 0.25) is 0 Å². The van der Waals surface area contributed by atoms with Crippen molar-refractivity contribution in [2.45, 2.75) is 71.1 Å². The molecule has 0 N–H and O–H groups in total. The Bertz CT molecular complexity index is 848. The Morgan fingerprint density at radius 1 is 0.903 bits per heavy atom. The van der Waals surface area contributed by atoms with Crippen molar-refractivity contribution in [1.82, 2.24) is 4.90 Å². The average molecular weight is 432 g/mol. The molecule has 31 heavy (non-hydrogen) atoms. The quantitative estimate of drug-likeness (QED) is 0.477. The van der Waals surface area contributed by atoms with Crippen molar-refractivity contribution < 1.29 is 23.1 Å². The maximum absolute atomic E-state index is 13.2. The molecule has 0 heterocycles. The van der Waals surface area contributed by atoms with E-state index in [2.05, 4.69) is 0 Å². The van der Waals surface area contributed by atoms with Crippen LogP contribution in [0.25, 0.3) is 0 Å². The molecule has 0 unspecified atom stereocenters. The maximum atomic E-state index is 13.2. The molecular weight excluding hydrogens is 400 g/mol. The van der Waals surface area contributed by atoms with Crippen LogP contribution >= 0.6 is 0 Å². The summed E-state index contributed by atoms with van der Waals surface area (Å²) in [6.07, 6.45) is -4.10. The second-order valence-corrected chi connectivity index (χ2v) is 8.37. The minimum Gasteiger partial charge on any atom is -0.438 e. The Balaban J connectivity index is 2.60. The second kappa shape index (κ2) is 10.5. The van der Waals surface area contributed by atoms with Crippen LogP contribution in [0.3, 0.4) is 0 Å². The van der Waals surface area contributed by atoms with Crippen LogP contribution < -0.4 is 0 Å². The monoisotopic (exact) mass is 431 g/mol. The number of benzene rings is 2. The van der Waals surface area contributed by atoms with Gasteiger partial charge in [-0.25, -0.2) is 13.6 Å². The Kier molecular flexibility index (Phi) is 8.31. The van der Waals surface area contributed by atoms with Crippen LogP contribution in [-0.4, -0.2) is 35.3 Å². The van der Waals surface area contributed by atoms with Crippen LogP contribution in [0.4, 0.5) is 13.6 Å². The first-order valence-electron chi connectivity index (χ1n) is 10.5. The number of hydrogen-bond donors (Lipinski definition) is 0. The van der Waals surface area contributed by atoms with E-state index in [-0.39, 0.29) is 12.1 Å². The van der Waals surface area contributed by atoms with Crippen LogP contribution in [0.5, 0.6) is 0 Å². The molecule has 0 aliphatic carbocycles. The number of amides is 1. The number of carbonyl (C=O) groups excluding carboxylic acids is 2. The zero-order chi connectivity index (χ0) is 23.2. The summed E-state index contributed by atoms with van der Waals surface area (Å²) >= 11 is 0. The topological polar surface area (TPSA) is 46.6 Å². The van der Waals surface area contributed by atoms with Gasteiger partial charge in [-0.05, 0) is 45.7 Å². The first kappa shape index (κ1) is 24.5. The zero-order valence-corrected chi connectivity index (χ0v) is 18.7. The van der Waals surface area contributed by atoms with E-state index in [0.29, 0.717) is 11.1 Å². The van der Waals surface area contributed by atoms with Crippen molar-refractivity contribution in [2.75, 3.05) is 0 Å². The minimum atomic E-state index is -3.09. The molecule has 2 rings (SSSR count). The third kappa shape index (κ3) is 5.90. The lowest BCUT2D eigenvalue weighted by Crippen LogP contribution is -2.47. The molecule has 0 bridgehead atoms. The highest BCUT2D eigenvalue weighted by molar-refractivity contribution is 5.82. The fourth-order valence-electron chi connectivity index (χ4n) is 3.96. The summed E-state index contributed by atoms with van der Waals surface area (Å²) in [5, 5.41) is 0. The van der Waals surface area contributed by atoms with Gasteiger partial charge in [-0.2, -0.15) is 0 Å². The highest BCUT2D eigenvalue weighted by atomic mass is 19.3. The lowest BCUT2D eigenvalue weighted by atomic mass is 9.75. The molecule has 0 aromatic heterocycles. The zero-order valence-electron chi connectivity index (χ0n) is 18.7. The van der Waals surface area contributed by atoms with Crippen LogP contribution in [-0.2, 0) is 15.1 Å². The first-order chi connectivity index (χ1) is 14.6. The van der Waals surface area contributed by atoms with Crippen molar-refractivity contribution >= 4 is 11.9 Å². The highest BCUT2D eigenvalue weighted by Crippen LogP contribution is 2.43. The first-order valence-corrected chi connectivity index (χ1v) is 10.5. The number of halogens is 2. The molecule has 0 fully saturated rings. The molecule has 2 aromatic rings. The summed E-state index contributed by atoms with van der Waals surface area (Å²) in [6, 6.07) is 17.6. The van der Waals surface area contributed by atoms with Crippen molar-refractivity contribution in [3.8, 4) is 0 Å². The number of rotatable bonds is 9. The Labute approximate surface area is 183 Å². The number of hydrogen-bond acceptors (Lipinski definition) is 3. The molecule has 6 heteroatoms. The van der Waals surface area contributed by atoms with E-state index in [0.717, 1.165) is 0 Å². The summed E-state index contributed by atoms with van der Waals surface area (Å²) < 4.78 is 32.6. The van der Waals surface area contributed by atoms with Crippen molar-refractivity contribution in [3.63, 3.8) is 0 Å². The maximum Gasteiger partial charge on any atom is 0.411 e. The van der Waals surface area contributed by atoms with E-state index in [1.54, 1.807) is 66.4 Å². The molecule has 2 aromatic carbocycles. The van der Waals surface area contributed by atoms with Gasteiger partial charge in [0.1, 0.15) is 5.60 Å². The van der Waals surface area contributed by atoms with E-state index in [9.17, 15) is 18.4 Å². The molecule has 0 saturated carbocycles. The number of ketones is 1. The fourth-order valence-corrected chi connectivity index (χ4v) is 3.96. The number of Topliss-reactive ketones (excluding diaryl/α,β-unsaturated/α-hetero) is 1. The van der Waals surface area contributed by atoms with Crippen LogP contribution in [0, 0.1) is 0 Å². The second-order valence-electron chi connectivity index (χ2n) is 8.37. The summed E-state index contributed by atoms with van der Waals surface area (Å²) in [5.41, 5.74) is -0.0604. The van der Waals surface area contributed by atoms with Crippen molar-refractivity contribution in [2.24, 2.45) is 0 Å².